The Morgan fingerprint density at radius 3 is 2.27 bits per heavy atom. The number of halogens is 3. The Labute approximate surface area is 192 Å². The molecule has 2 rings (SSSR count). The van der Waals surface area contributed by atoms with Gasteiger partial charge in [-0.25, -0.2) is 0 Å². The van der Waals surface area contributed by atoms with Crippen molar-refractivity contribution < 1.29 is 35.3 Å². The molecular formula is C23H28F3NO5S. The zero-order valence-corrected chi connectivity index (χ0v) is 20.0. The van der Waals surface area contributed by atoms with Crippen LogP contribution in [0.25, 0.3) is 0 Å². The minimum atomic E-state index is -4.70. The van der Waals surface area contributed by atoms with E-state index in [4.69, 9.17) is 8.92 Å². The van der Waals surface area contributed by atoms with E-state index in [9.17, 15) is 26.4 Å². The maximum atomic E-state index is 13.0. The molecule has 0 aliphatic rings. The molecule has 33 heavy (non-hydrogen) atoms. The normalized spacial score (nSPS) is 13.0. The van der Waals surface area contributed by atoms with E-state index in [0.717, 1.165) is 24.6 Å². The molecule has 182 valence electrons. The van der Waals surface area contributed by atoms with Crippen LogP contribution in [0.5, 0.6) is 11.5 Å². The monoisotopic (exact) mass is 487 g/mol. The maximum Gasteiger partial charge on any atom is 0.416 e. The highest BCUT2D eigenvalue weighted by molar-refractivity contribution is 7.87. The summed E-state index contributed by atoms with van der Waals surface area (Å²) in [6.45, 7) is 7.66. The molecule has 0 saturated heterocycles. The molecule has 10 heteroatoms. The number of methoxy groups -OCH3 is 1. The molecule has 2 aromatic rings. The van der Waals surface area contributed by atoms with Crippen LogP contribution in [0.3, 0.4) is 0 Å². The lowest BCUT2D eigenvalue weighted by atomic mass is 10.1. The van der Waals surface area contributed by atoms with Crippen molar-refractivity contribution in [2.45, 2.75) is 57.8 Å². The maximum absolute atomic E-state index is 13.0. The highest BCUT2D eigenvalue weighted by Crippen LogP contribution is 2.34. The Morgan fingerprint density at radius 2 is 1.73 bits per heavy atom. The van der Waals surface area contributed by atoms with Crippen molar-refractivity contribution in [3.8, 4) is 11.5 Å². The fraction of sp³-hybridized carbons (Fsp3) is 0.435. The Hall–Kier alpha value is -2.75. The topological polar surface area (TPSA) is 72.9 Å². The third kappa shape index (κ3) is 6.63. The fourth-order valence-electron chi connectivity index (χ4n) is 3.08. The zero-order chi connectivity index (χ0) is 25.0. The molecule has 2 aromatic carbocycles. The van der Waals surface area contributed by atoms with E-state index in [1.54, 1.807) is 24.8 Å². The lowest BCUT2D eigenvalue weighted by molar-refractivity contribution is -0.138. The molecule has 0 spiro atoms. The van der Waals surface area contributed by atoms with Gasteiger partial charge in [0.2, 0.25) is 5.91 Å². The summed E-state index contributed by atoms with van der Waals surface area (Å²) in [6.07, 6.45) is -3.98. The summed E-state index contributed by atoms with van der Waals surface area (Å²) in [4.78, 5) is 13.7. The molecule has 0 radical (unpaired) electrons. The summed E-state index contributed by atoms with van der Waals surface area (Å²) >= 11 is 0. The van der Waals surface area contributed by atoms with Crippen molar-refractivity contribution in [3.63, 3.8) is 0 Å². The van der Waals surface area contributed by atoms with E-state index < -0.39 is 26.8 Å². The smallest absolute Gasteiger partial charge is 0.416 e. The van der Waals surface area contributed by atoms with Crippen molar-refractivity contribution >= 4 is 16.0 Å². The molecule has 0 unspecified atom stereocenters. The van der Waals surface area contributed by atoms with Gasteiger partial charge in [-0.05, 0) is 49.2 Å². The molecular weight excluding hydrogens is 459 g/mol. The van der Waals surface area contributed by atoms with E-state index >= 15 is 0 Å². The van der Waals surface area contributed by atoms with Crippen LogP contribution in [-0.2, 0) is 27.6 Å². The first kappa shape index (κ1) is 26.5. The highest BCUT2D eigenvalue weighted by Gasteiger charge is 2.32. The summed E-state index contributed by atoms with van der Waals surface area (Å²) in [5, 5.41) is 0. The minimum Gasteiger partial charge on any atom is -0.493 e. The molecule has 0 aliphatic carbocycles. The average Bonchev–Trinajstić information content (AvgIpc) is 2.75. The molecule has 0 N–H and O–H groups in total. The van der Waals surface area contributed by atoms with Crippen LogP contribution in [-0.4, -0.2) is 32.4 Å². The Bertz CT molecular complexity index is 1080. The van der Waals surface area contributed by atoms with Crippen molar-refractivity contribution in [2.75, 3.05) is 7.11 Å². The van der Waals surface area contributed by atoms with Crippen LogP contribution < -0.4 is 8.92 Å². The average molecular weight is 488 g/mol. The van der Waals surface area contributed by atoms with Crippen molar-refractivity contribution in [2.24, 2.45) is 5.92 Å². The molecule has 6 nitrogen and oxygen atoms in total. The number of alkyl halides is 3. The number of ether oxygens (including phenoxy) is 1. The lowest BCUT2D eigenvalue weighted by Crippen LogP contribution is -2.40. The van der Waals surface area contributed by atoms with Gasteiger partial charge in [-0.2, -0.15) is 21.6 Å². The first-order valence-electron chi connectivity index (χ1n) is 10.4. The number of rotatable bonds is 9. The summed E-state index contributed by atoms with van der Waals surface area (Å²) in [7, 11) is -3.27. The Morgan fingerprint density at radius 1 is 1.06 bits per heavy atom. The third-order valence-corrected chi connectivity index (χ3v) is 6.36. The zero-order valence-electron chi connectivity index (χ0n) is 19.1. The number of carbonyl (C=O) groups is 1. The van der Waals surface area contributed by atoms with E-state index in [2.05, 4.69) is 0 Å². The van der Waals surface area contributed by atoms with E-state index in [0.29, 0.717) is 11.6 Å². The first-order valence-corrected chi connectivity index (χ1v) is 11.8. The summed E-state index contributed by atoms with van der Waals surface area (Å²) in [5.41, 5.74) is -0.524. The van der Waals surface area contributed by atoms with Gasteiger partial charge in [0.15, 0.2) is 11.5 Å². The Kier molecular flexibility index (Phi) is 8.40. The molecule has 1 amide bonds. The van der Waals surface area contributed by atoms with Gasteiger partial charge >= 0.3 is 16.3 Å². The predicted octanol–water partition coefficient (Wildman–Crippen LogP) is 5.26. The van der Waals surface area contributed by atoms with Gasteiger partial charge in [-0.1, -0.05) is 32.9 Å². The number of benzene rings is 2. The van der Waals surface area contributed by atoms with Crippen LogP contribution in [0.1, 0.15) is 45.2 Å². The van der Waals surface area contributed by atoms with Gasteiger partial charge in [0.25, 0.3) is 0 Å². The lowest BCUT2D eigenvalue weighted by Gasteiger charge is -2.30. The Balaban J connectivity index is 2.41. The molecule has 0 heterocycles. The van der Waals surface area contributed by atoms with Crippen LogP contribution in [0.2, 0.25) is 0 Å². The van der Waals surface area contributed by atoms with Crippen LogP contribution in [0.15, 0.2) is 47.4 Å². The van der Waals surface area contributed by atoms with E-state index in [1.807, 2.05) is 13.8 Å². The fourth-order valence-corrected chi connectivity index (χ4v) is 4.06. The van der Waals surface area contributed by atoms with Gasteiger partial charge in [-0.3, -0.25) is 4.79 Å². The van der Waals surface area contributed by atoms with Crippen molar-refractivity contribution in [1.82, 2.24) is 4.90 Å². The van der Waals surface area contributed by atoms with E-state index in [1.165, 1.54) is 19.2 Å². The second-order valence-corrected chi connectivity index (χ2v) is 9.47. The highest BCUT2D eigenvalue weighted by atomic mass is 32.2. The number of amides is 1. The van der Waals surface area contributed by atoms with Gasteiger partial charge in [-0.15, -0.1) is 0 Å². The molecule has 1 atom stereocenters. The largest absolute Gasteiger partial charge is 0.493 e. The SMILES string of the molecule is CC[C@@H](C)N(Cc1ccc(OC)c(OS(=O)(=O)c2cccc(C(F)(F)F)c2)c1)C(=O)C(C)C. The van der Waals surface area contributed by atoms with Crippen LogP contribution in [0, 0.1) is 5.92 Å². The van der Waals surface area contributed by atoms with Gasteiger partial charge in [0.1, 0.15) is 4.90 Å². The first-order chi connectivity index (χ1) is 15.3. The van der Waals surface area contributed by atoms with Crippen LogP contribution in [0.4, 0.5) is 13.2 Å². The summed E-state index contributed by atoms with van der Waals surface area (Å²) in [5.74, 6) is -0.387. The number of hydrogen-bond acceptors (Lipinski definition) is 5. The van der Waals surface area contributed by atoms with Gasteiger partial charge < -0.3 is 13.8 Å². The van der Waals surface area contributed by atoms with Gasteiger partial charge in [0, 0.05) is 18.5 Å². The van der Waals surface area contributed by atoms with Crippen LogP contribution >= 0.6 is 0 Å². The summed E-state index contributed by atoms with van der Waals surface area (Å²) < 4.78 is 74.8. The van der Waals surface area contributed by atoms with Gasteiger partial charge in [0.05, 0.1) is 12.7 Å². The minimum absolute atomic E-state index is 0.0554. The molecule has 0 bridgehead atoms. The van der Waals surface area contributed by atoms with Crippen molar-refractivity contribution in [3.05, 3.63) is 53.6 Å². The third-order valence-electron chi connectivity index (χ3n) is 5.13. The standard InChI is InChI=1S/C23H28F3NO5S/c1-6-16(4)27(22(28)15(2)3)14-17-10-11-20(31-5)21(12-17)32-33(29,30)19-9-7-8-18(13-19)23(24,25)26/h7-13,15-16H,6,14H2,1-5H3/t16-/m1/s1. The predicted molar refractivity (Wildman–Crippen MR) is 117 cm³/mol. The number of carbonyl (C=O) groups excluding carboxylic acids is 1. The van der Waals surface area contributed by atoms with E-state index in [-0.39, 0.29) is 35.9 Å². The summed E-state index contributed by atoms with van der Waals surface area (Å²) in [6, 6.07) is 7.81. The molecule has 0 aromatic heterocycles. The van der Waals surface area contributed by atoms with Crippen molar-refractivity contribution in [1.29, 1.82) is 0 Å². The number of hydrogen-bond donors (Lipinski definition) is 0. The second-order valence-electron chi connectivity index (χ2n) is 7.93. The molecule has 0 aliphatic heterocycles. The second kappa shape index (κ2) is 10.5. The molecule has 0 fully saturated rings. The quantitative estimate of drug-likeness (QED) is 0.451. The number of nitrogens with zero attached hydrogens (tertiary/aromatic N) is 1. The molecule has 0 saturated carbocycles.